The number of amides is 2. The van der Waals surface area contributed by atoms with E-state index in [4.69, 9.17) is 5.11 Å². The molecule has 6 heteroatoms. The first-order valence-corrected chi connectivity index (χ1v) is 6.47. The molecule has 16 heavy (non-hydrogen) atoms. The summed E-state index contributed by atoms with van der Waals surface area (Å²) in [5.74, 6) is 0.961. The molecule has 0 spiro atoms. The maximum absolute atomic E-state index is 11.4. The third-order valence-electron chi connectivity index (χ3n) is 1.81. The molecule has 2 atom stereocenters. The van der Waals surface area contributed by atoms with Gasteiger partial charge < -0.3 is 15.7 Å². The van der Waals surface area contributed by atoms with Crippen molar-refractivity contribution in [3.63, 3.8) is 0 Å². The highest BCUT2D eigenvalue weighted by atomic mass is 32.2. The molecule has 2 amide bonds. The number of carboxylic acids is 1. The predicted molar refractivity (Wildman–Crippen MR) is 65.8 cm³/mol. The van der Waals surface area contributed by atoms with Crippen LogP contribution in [0.2, 0.25) is 0 Å². The predicted octanol–water partition coefficient (Wildman–Crippen LogP) is 1.29. The van der Waals surface area contributed by atoms with Crippen molar-refractivity contribution in [2.45, 2.75) is 39.3 Å². The van der Waals surface area contributed by atoms with E-state index in [-0.39, 0.29) is 24.5 Å². The zero-order chi connectivity index (χ0) is 12.6. The van der Waals surface area contributed by atoms with Crippen LogP contribution in [0.25, 0.3) is 0 Å². The monoisotopic (exact) mass is 248 g/mol. The topological polar surface area (TPSA) is 78.4 Å². The minimum Gasteiger partial charge on any atom is -0.481 e. The van der Waals surface area contributed by atoms with E-state index >= 15 is 0 Å². The number of carbonyl (C=O) groups is 2. The summed E-state index contributed by atoms with van der Waals surface area (Å²) in [7, 11) is 0. The molecule has 0 aliphatic carbocycles. The summed E-state index contributed by atoms with van der Waals surface area (Å²) in [6.07, 6.45) is -0.0640. The lowest BCUT2D eigenvalue weighted by molar-refractivity contribution is -0.137. The average molecular weight is 248 g/mol. The Morgan fingerprint density at radius 2 is 1.81 bits per heavy atom. The molecule has 0 radical (unpaired) electrons. The summed E-state index contributed by atoms with van der Waals surface area (Å²) in [5, 5.41) is 13.9. The smallest absolute Gasteiger partial charge is 0.315 e. The summed E-state index contributed by atoms with van der Waals surface area (Å²) >= 11 is 1.75. The Bertz CT molecular complexity index is 236. The Labute approximate surface area is 100 Å². The van der Waals surface area contributed by atoms with E-state index in [2.05, 4.69) is 17.6 Å². The van der Waals surface area contributed by atoms with Gasteiger partial charge in [-0.25, -0.2) is 4.79 Å². The number of aliphatic carboxylic acids is 1. The first-order chi connectivity index (χ1) is 7.45. The number of hydrogen-bond acceptors (Lipinski definition) is 3. The summed E-state index contributed by atoms with van der Waals surface area (Å²) in [6, 6.07) is -0.580. The first-order valence-electron chi connectivity index (χ1n) is 5.32. The second kappa shape index (κ2) is 8.27. The van der Waals surface area contributed by atoms with Gasteiger partial charge in [-0.2, -0.15) is 11.8 Å². The molecule has 0 aromatic heterocycles. The number of carboxylic acid groups (broad SMARTS) is 1. The molecule has 94 valence electrons. The lowest BCUT2D eigenvalue weighted by Crippen LogP contribution is -2.45. The fourth-order valence-corrected chi connectivity index (χ4v) is 1.81. The van der Waals surface area contributed by atoms with E-state index in [0.717, 1.165) is 11.5 Å². The van der Waals surface area contributed by atoms with Crippen LogP contribution in [0.5, 0.6) is 0 Å². The van der Waals surface area contributed by atoms with E-state index in [1.807, 2.05) is 6.92 Å². The number of rotatable bonds is 7. The maximum atomic E-state index is 11.4. The summed E-state index contributed by atoms with van der Waals surface area (Å²) in [6.45, 7) is 5.65. The van der Waals surface area contributed by atoms with Crippen molar-refractivity contribution in [2.75, 3.05) is 11.5 Å². The van der Waals surface area contributed by atoms with E-state index in [9.17, 15) is 9.59 Å². The fraction of sp³-hybridized carbons (Fsp3) is 0.800. The van der Waals surface area contributed by atoms with Gasteiger partial charge in [0.05, 0.1) is 6.42 Å². The maximum Gasteiger partial charge on any atom is 0.315 e. The molecule has 0 saturated heterocycles. The van der Waals surface area contributed by atoms with Crippen LogP contribution in [-0.4, -0.2) is 40.7 Å². The van der Waals surface area contributed by atoms with Gasteiger partial charge in [0.2, 0.25) is 0 Å². The molecule has 5 nitrogen and oxygen atoms in total. The number of urea groups is 1. The number of thioether (sulfide) groups is 1. The van der Waals surface area contributed by atoms with Gasteiger partial charge in [-0.3, -0.25) is 4.79 Å². The van der Waals surface area contributed by atoms with Gasteiger partial charge in [0.1, 0.15) is 0 Å². The van der Waals surface area contributed by atoms with Crippen LogP contribution in [0.3, 0.4) is 0 Å². The zero-order valence-corrected chi connectivity index (χ0v) is 10.8. The van der Waals surface area contributed by atoms with Gasteiger partial charge in [-0.15, -0.1) is 0 Å². The molecule has 0 aliphatic heterocycles. The lowest BCUT2D eigenvalue weighted by Gasteiger charge is -2.16. The molecule has 0 aromatic carbocycles. The highest BCUT2D eigenvalue weighted by molar-refractivity contribution is 7.99. The van der Waals surface area contributed by atoms with Gasteiger partial charge >= 0.3 is 12.0 Å². The largest absolute Gasteiger partial charge is 0.481 e. The molecular formula is C10H20N2O3S. The van der Waals surface area contributed by atoms with Crippen LogP contribution in [0.1, 0.15) is 27.2 Å². The SMILES string of the molecule is CCSCC(C)NC(=O)NC(C)CC(=O)O. The van der Waals surface area contributed by atoms with Gasteiger partial charge in [-0.1, -0.05) is 6.92 Å². The fourth-order valence-electron chi connectivity index (χ4n) is 1.14. The van der Waals surface area contributed by atoms with Crippen molar-refractivity contribution < 1.29 is 14.7 Å². The van der Waals surface area contributed by atoms with E-state index in [1.54, 1.807) is 18.7 Å². The molecule has 2 unspecified atom stereocenters. The second-order valence-corrected chi connectivity index (χ2v) is 5.00. The quantitative estimate of drug-likeness (QED) is 0.634. The molecule has 3 N–H and O–H groups in total. The second-order valence-electron chi connectivity index (χ2n) is 3.68. The first kappa shape index (κ1) is 15.1. The summed E-state index contributed by atoms with van der Waals surface area (Å²) in [4.78, 5) is 21.8. The molecule has 0 aromatic rings. The van der Waals surface area contributed by atoms with Crippen molar-refractivity contribution in [2.24, 2.45) is 0 Å². The Balaban J connectivity index is 3.76. The van der Waals surface area contributed by atoms with Crippen molar-refractivity contribution in [3.8, 4) is 0 Å². The normalized spacial score (nSPS) is 13.9. The molecule has 0 fully saturated rings. The van der Waals surface area contributed by atoms with Crippen LogP contribution in [0.4, 0.5) is 4.79 Å². The van der Waals surface area contributed by atoms with Crippen LogP contribution in [-0.2, 0) is 4.79 Å². The summed E-state index contributed by atoms with van der Waals surface area (Å²) < 4.78 is 0. The van der Waals surface area contributed by atoms with E-state index < -0.39 is 5.97 Å². The third-order valence-corrected chi connectivity index (χ3v) is 2.95. The van der Waals surface area contributed by atoms with E-state index in [1.165, 1.54) is 0 Å². The van der Waals surface area contributed by atoms with Crippen molar-refractivity contribution in [1.82, 2.24) is 10.6 Å². The minimum absolute atomic E-state index is 0.0640. The molecule has 0 aliphatic rings. The van der Waals surface area contributed by atoms with Crippen LogP contribution >= 0.6 is 11.8 Å². The number of nitrogens with one attached hydrogen (secondary N) is 2. The van der Waals surface area contributed by atoms with Crippen molar-refractivity contribution in [3.05, 3.63) is 0 Å². The molecular weight excluding hydrogens is 228 g/mol. The van der Waals surface area contributed by atoms with Crippen molar-refractivity contribution >= 4 is 23.8 Å². The molecule has 0 bridgehead atoms. The minimum atomic E-state index is -0.914. The zero-order valence-electron chi connectivity index (χ0n) is 9.95. The Hall–Kier alpha value is -0.910. The highest BCUT2D eigenvalue weighted by Gasteiger charge is 2.12. The molecule has 0 saturated carbocycles. The van der Waals surface area contributed by atoms with Crippen LogP contribution < -0.4 is 10.6 Å². The Kier molecular flexibility index (Phi) is 7.80. The highest BCUT2D eigenvalue weighted by Crippen LogP contribution is 2.01. The Morgan fingerprint density at radius 3 is 2.31 bits per heavy atom. The van der Waals surface area contributed by atoms with Gasteiger partial charge in [0, 0.05) is 17.8 Å². The van der Waals surface area contributed by atoms with E-state index in [0.29, 0.717) is 0 Å². The third kappa shape index (κ3) is 8.40. The molecule has 0 heterocycles. The van der Waals surface area contributed by atoms with Gasteiger partial charge in [-0.05, 0) is 19.6 Å². The summed E-state index contributed by atoms with van der Waals surface area (Å²) in [5.41, 5.74) is 0. The van der Waals surface area contributed by atoms with Gasteiger partial charge in [0.25, 0.3) is 0 Å². The number of carbonyl (C=O) groups excluding carboxylic acids is 1. The molecule has 0 rings (SSSR count). The van der Waals surface area contributed by atoms with Crippen LogP contribution in [0, 0.1) is 0 Å². The number of hydrogen-bond donors (Lipinski definition) is 3. The average Bonchev–Trinajstić information content (AvgIpc) is 2.12. The van der Waals surface area contributed by atoms with Crippen LogP contribution in [0.15, 0.2) is 0 Å². The van der Waals surface area contributed by atoms with Gasteiger partial charge in [0.15, 0.2) is 0 Å². The van der Waals surface area contributed by atoms with Crippen molar-refractivity contribution in [1.29, 1.82) is 0 Å². The standard InChI is InChI=1S/C10H20N2O3S/c1-4-16-6-8(3)12-10(15)11-7(2)5-9(13)14/h7-8H,4-6H2,1-3H3,(H,13,14)(H2,11,12,15). The Morgan fingerprint density at radius 1 is 1.25 bits per heavy atom. The lowest BCUT2D eigenvalue weighted by atomic mass is 10.2.